The van der Waals surface area contributed by atoms with Crippen LogP contribution in [0.15, 0.2) is 24.5 Å². The van der Waals surface area contributed by atoms with Crippen LogP contribution in [0.3, 0.4) is 0 Å². The largest absolute Gasteiger partial charge is 0.480 e. The first-order valence-electron chi connectivity index (χ1n) is 7.03. The van der Waals surface area contributed by atoms with Crippen LogP contribution in [-0.4, -0.2) is 27.9 Å². The summed E-state index contributed by atoms with van der Waals surface area (Å²) in [4.78, 5) is 26.2. The van der Waals surface area contributed by atoms with Crippen molar-refractivity contribution in [3.63, 3.8) is 0 Å². The minimum absolute atomic E-state index is 0.131. The van der Waals surface area contributed by atoms with Gasteiger partial charge in [-0.3, -0.25) is 14.6 Å². The van der Waals surface area contributed by atoms with Crippen molar-refractivity contribution in [2.45, 2.75) is 51.0 Å². The zero-order chi connectivity index (χ0) is 14.8. The highest BCUT2D eigenvalue weighted by molar-refractivity contribution is 5.95. The van der Waals surface area contributed by atoms with Crippen LogP contribution >= 0.6 is 0 Å². The average molecular weight is 278 g/mol. The van der Waals surface area contributed by atoms with Gasteiger partial charge in [-0.1, -0.05) is 25.7 Å². The van der Waals surface area contributed by atoms with Gasteiger partial charge in [0.15, 0.2) is 5.78 Å². The summed E-state index contributed by atoms with van der Waals surface area (Å²) >= 11 is 0. The Morgan fingerprint density at radius 1 is 1.20 bits per heavy atom. The van der Waals surface area contributed by atoms with Crippen molar-refractivity contribution in [3.8, 4) is 0 Å². The maximum absolute atomic E-state index is 11.8. The second-order valence-corrected chi connectivity index (χ2v) is 4.92. The molecule has 0 fully saturated rings. The van der Waals surface area contributed by atoms with E-state index in [0.29, 0.717) is 18.4 Å². The molecule has 3 N–H and O–H groups in total. The molecule has 0 unspecified atom stereocenters. The van der Waals surface area contributed by atoms with Crippen LogP contribution < -0.4 is 5.73 Å². The lowest BCUT2D eigenvalue weighted by Crippen LogP contribution is -2.29. The predicted molar refractivity (Wildman–Crippen MR) is 76.5 cm³/mol. The molecule has 1 heterocycles. The fourth-order valence-corrected chi connectivity index (χ4v) is 1.98. The van der Waals surface area contributed by atoms with Gasteiger partial charge in [-0.15, -0.1) is 0 Å². The molecule has 0 aliphatic heterocycles. The van der Waals surface area contributed by atoms with Crippen molar-refractivity contribution >= 4 is 11.8 Å². The molecule has 5 heteroatoms. The van der Waals surface area contributed by atoms with Crippen LogP contribution in [-0.2, 0) is 4.79 Å². The van der Waals surface area contributed by atoms with E-state index in [1.54, 1.807) is 24.5 Å². The molecule has 0 radical (unpaired) electrons. The number of carboxylic acid groups (broad SMARTS) is 1. The number of hydrogen-bond donors (Lipinski definition) is 2. The van der Waals surface area contributed by atoms with Crippen molar-refractivity contribution in [1.29, 1.82) is 0 Å². The molecule has 0 aliphatic carbocycles. The molecular formula is C15H22N2O3. The van der Waals surface area contributed by atoms with E-state index in [1.165, 1.54) is 0 Å². The summed E-state index contributed by atoms with van der Waals surface area (Å²) in [7, 11) is 0. The second-order valence-electron chi connectivity index (χ2n) is 4.92. The van der Waals surface area contributed by atoms with E-state index in [2.05, 4.69) is 4.98 Å². The van der Waals surface area contributed by atoms with E-state index < -0.39 is 12.0 Å². The van der Waals surface area contributed by atoms with Gasteiger partial charge in [0.05, 0.1) is 0 Å². The first-order chi connectivity index (χ1) is 9.61. The quantitative estimate of drug-likeness (QED) is 0.506. The highest BCUT2D eigenvalue weighted by atomic mass is 16.4. The van der Waals surface area contributed by atoms with Crippen LogP contribution in [0.5, 0.6) is 0 Å². The summed E-state index contributed by atoms with van der Waals surface area (Å²) in [6.45, 7) is 0. The lowest BCUT2D eigenvalue weighted by Gasteiger charge is -2.05. The molecule has 1 aromatic rings. The number of aromatic nitrogens is 1. The highest BCUT2D eigenvalue weighted by Crippen LogP contribution is 2.10. The van der Waals surface area contributed by atoms with Crippen LogP contribution in [0.2, 0.25) is 0 Å². The van der Waals surface area contributed by atoms with Crippen molar-refractivity contribution in [2.24, 2.45) is 5.73 Å². The van der Waals surface area contributed by atoms with E-state index >= 15 is 0 Å². The zero-order valence-electron chi connectivity index (χ0n) is 11.6. The van der Waals surface area contributed by atoms with Gasteiger partial charge in [0.1, 0.15) is 6.04 Å². The molecule has 0 bridgehead atoms. The highest BCUT2D eigenvalue weighted by Gasteiger charge is 2.10. The summed E-state index contributed by atoms with van der Waals surface area (Å²) < 4.78 is 0. The number of pyridine rings is 1. The number of hydrogen-bond acceptors (Lipinski definition) is 4. The topological polar surface area (TPSA) is 93.3 Å². The van der Waals surface area contributed by atoms with Gasteiger partial charge in [0.25, 0.3) is 0 Å². The number of carboxylic acids is 1. The summed E-state index contributed by atoms with van der Waals surface area (Å²) in [5, 5.41) is 8.62. The van der Waals surface area contributed by atoms with Gasteiger partial charge >= 0.3 is 5.97 Å². The molecule has 110 valence electrons. The Bertz CT molecular complexity index is 420. The Hall–Kier alpha value is -1.75. The van der Waals surface area contributed by atoms with Gasteiger partial charge in [-0.25, -0.2) is 0 Å². The molecular weight excluding hydrogens is 256 g/mol. The van der Waals surface area contributed by atoms with Crippen molar-refractivity contribution in [2.75, 3.05) is 0 Å². The van der Waals surface area contributed by atoms with Crippen molar-refractivity contribution in [3.05, 3.63) is 30.1 Å². The molecule has 0 aliphatic rings. The summed E-state index contributed by atoms with van der Waals surface area (Å²) in [5.74, 6) is -0.807. The number of Topliss-reactive ketones (excluding diaryl/α,β-unsaturated/α-hetero) is 1. The van der Waals surface area contributed by atoms with Gasteiger partial charge in [0.2, 0.25) is 0 Å². The Balaban J connectivity index is 2.03. The molecule has 1 aromatic heterocycles. The van der Waals surface area contributed by atoms with Crippen LogP contribution in [0.25, 0.3) is 0 Å². The van der Waals surface area contributed by atoms with E-state index in [4.69, 9.17) is 10.8 Å². The van der Waals surface area contributed by atoms with E-state index in [9.17, 15) is 9.59 Å². The van der Waals surface area contributed by atoms with E-state index in [0.717, 1.165) is 32.1 Å². The SMILES string of the molecule is N[C@H](CCCCCCCC(=O)c1cccnc1)C(=O)O. The van der Waals surface area contributed by atoms with Crippen LogP contribution in [0.4, 0.5) is 0 Å². The first-order valence-corrected chi connectivity index (χ1v) is 7.03. The molecule has 0 saturated carbocycles. The summed E-state index contributed by atoms with van der Waals surface area (Å²) in [6, 6.07) is 2.80. The lowest BCUT2D eigenvalue weighted by atomic mass is 10.0. The predicted octanol–water partition coefficient (Wildman–Crippen LogP) is 2.41. The molecule has 20 heavy (non-hydrogen) atoms. The van der Waals surface area contributed by atoms with Gasteiger partial charge in [-0.2, -0.15) is 0 Å². The number of aliphatic carboxylic acids is 1. The fourth-order valence-electron chi connectivity index (χ4n) is 1.98. The number of carbonyl (C=O) groups excluding carboxylic acids is 1. The number of unbranched alkanes of at least 4 members (excludes halogenated alkanes) is 4. The summed E-state index contributed by atoms with van der Waals surface area (Å²) in [6.07, 6.45) is 8.93. The minimum atomic E-state index is -0.938. The van der Waals surface area contributed by atoms with E-state index in [1.807, 2.05) is 0 Å². The third kappa shape index (κ3) is 6.43. The van der Waals surface area contributed by atoms with Crippen molar-refractivity contribution < 1.29 is 14.7 Å². The Kier molecular flexibility index (Phi) is 7.50. The molecule has 0 aromatic carbocycles. The van der Waals surface area contributed by atoms with Crippen LogP contribution in [0.1, 0.15) is 55.3 Å². The molecule has 0 saturated heterocycles. The standard InChI is InChI=1S/C15H22N2O3/c16-13(15(19)20)8-4-2-1-3-5-9-14(18)12-7-6-10-17-11-12/h6-7,10-11,13H,1-5,8-9,16H2,(H,19,20)/t13-/m1/s1. The maximum Gasteiger partial charge on any atom is 0.320 e. The van der Waals surface area contributed by atoms with Gasteiger partial charge in [-0.05, 0) is 25.0 Å². The third-order valence-electron chi connectivity index (χ3n) is 3.22. The zero-order valence-corrected chi connectivity index (χ0v) is 11.6. The number of ketones is 1. The smallest absolute Gasteiger partial charge is 0.320 e. The maximum atomic E-state index is 11.8. The average Bonchev–Trinajstić information content (AvgIpc) is 2.46. The third-order valence-corrected chi connectivity index (χ3v) is 3.22. The number of nitrogens with two attached hydrogens (primary N) is 1. The Morgan fingerprint density at radius 3 is 2.55 bits per heavy atom. The number of carbonyl (C=O) groups is 2. The molecule has 1 atom stereocenters. The Morgan fingerprint density at radius 2 is 1.90 bits per heavy atom. The fraction of sp³-hybridized carbons (Fsp3) is 0.533. The number of rotatable bonds is 10. The van der Waals surface area contributed by atoms with E-state index in [-0.39, 0.29) is 5.78 Å². The molecule has 1 rings (SSSR count). The molecule has 0 spiro atoms. The lowest BCUT2D eigenvalue weighted by molar-refractivity contribution is -0.138. The molecule has 0 amide bonds. The van der Waals surface area contributed by atoms with Gasteiger partial charge in [0, 0.05) is 24.4 Å². The summed E-state index contributed by atoms with van der Waals surface area (Å²) in [5.41, 5.74) is 6.08. The monoisotopic (exact) mass is 278 g/mol. The minimum Gasteiger partial charge on any atom is -0.480 e. The van der Waals surface area contributed by atoms with Crippen molar-refractivity contribution in [1.82, 2.24) is 4.98 Å². The normalized spacial score (nSPS) is 12.1. The number of nitrogens with zero attached hydrogens (tertiary/aromatic N) is 1. The Labute approximate surface area is 119 Å². The first kappa shape index (κ1) is 16.3. The van der Waals surface area contributed by atoms with Crippen LogP contribution in [0, 0.1) is 0 Å². The second kappa shape index (κ2) is 9.20. The molecule has 5 nitrogen and oxygen atoms in total. The van der Waals surface area contributed by atoms with Gasteiger partial charge < -0.3 is 10.8 Å².